The van der Waals surface area contributed by atoms with E-state index in [-0.39, 0.29) is 0 Å². The Labute approximate surface area is 232 Å². The van der Waals surface area contributed by atoms with Crippen LogP contribution in [0.5, 0.6) is 0 Å². The van der Waals surface area contributed by atoms with Gasteiger partial charge in [0.25, 0.3) is 0 Å². The molecule has 4 nitrogen and oxygen atoms in total. The molecule has 8 rings (SSSR count). The Bertz CT molecular complexity index is 2270. The van der Waals surface area contributed by atoms with Crippen LogP contribution in [-0.2, 0) is 0 Å². The summed E-state index contributed by atoms with van der Waals surface area (Å²) in [5.74, 6) is 0. The Morgan fingerprint density at radius 2 is 1.41 bits per heavy atom. The molecule has 6 heteroatoms. The third-order valence-electron chi connectivity index (χ3n) is 7.58. The van der Waals surface area contributed by atoms with Gasteiger partial charge in [-0.15, -0.1) is 0 Å². The predicted octanol–water partition coefficient (Wildman–Crippen LogP) is 6.11. The molecule has 0 saturated carbocycles. The molecule has 0 radical (unpaired) electrons. The fourth-order valence-corrected chi connectivity index (χ4v) is 11.1. The second-order valence-electron chi connectivity index (χ2n) is 9.67. The first-order valence-corrected chi connectivity index (χ1v) is 16.8. The van der Waals surface area contributed by atoms with E-state index in [0.717, 1.165) is 38.5 Å². The fourth-order valence-electron chi connectivity index (χ4n) is 5.83. The molecule has 0 aliphatic carbocycles. The van der Waals surface area contributed by atoms with Crippen LogP contribution in [0.2, 0.25) is 0 Å². The molecule has 0 bridgehead atoms. The molecule has 4 aromatic carbocycles. The normalized spacial score (nSPS) is 13.4. The summed E-state index contributed by atoms with van der Waals surface area (Å²) in [5.41, 5.74) is 3.02. The van der Waals surface area contributed by atoms with E-state index in [1.54, 1.807) is 0 Å². The Kier molecular flexibility index (Phi) is 5.08. The van der Waals surface area contributed by atoms with Crippen molar-refractivity contribution in [2.75, 3.05) is 0 Å². The van der Waals surface area contributed by atoms with Crippen LogP contribution in [0.15, 0.2) is 128 Å². The number of pyridine rings is 3. The van der Waals surface area contributed by atoms with Gasteiger partial charge in [0.1, 0.15) is 0 Å². The Morgan fingerprint density at radius 3 is 2.31 bits per heavy atom. The fraction of sp³-hybridized carbons (Fsp3) is 0. The minimum absolute atomic E-state index is 0.980. The number of imidazole rings is 1. The quantitative estimate of drug-likeness (QED) is 0.143. The molecule has 0 amide bonds. The molecule has 0 aliphatic rings. The monoisotopic (exact) mass is 584 g/mol. The van der Waals surface area contributed by atoms with Crippen molar-refractivity contribution in [2.24, 2.45) is 0 Å². The molecule has 0 N–H and O–H groups in total. The van der Waals surface area contributed by atoms with Gasteiger partial charge in [0, 0.05) is 0 Å². The summed E-state index contributed by atoms with van der Waals surface area (Å²) in [6.07, 6.45) is 5.65. The van der Waals surface area contributed by atoms with Crippen molar-refractivity contribution in [3.63, 3.8) is 0 Å². The van der Waals surface area contributed by atoms with Gasteiger partial charge in [-0.3, -0.25) is 0 Å². The molecule has 4 heterocycles. The summed E-state index contributed by atoms with van der Waals surface area (Å²) in [4.78, 5) is 14.2. The standard InChI is InChI=1S/C33H21N4PSe/c39-38(23-16-19-34-20-17-23,24-15-14-22-7-6-18-35-28(22)21-24)31-13-5-9-26-32(31)25-8-1-3-11-29(25)37-30-12-4-2-10-27(30)36-33(26)37/h1-21H. The number of hydrogen-bond donors (Lipinski definition) is 0. The van der Waals surface area contributed by atoms with Crippen molar-refractivity contribution in [2.45, 2.75) is 0 Å². The van der Waals surface area contributed by atoms with Crippen molar-refractivity contribution in [3.8, 4) is 0 Å². The zero-order valence-electron chi connectivity index (χ0n) is 20.8. The molecule has 0 saturated heterocycles. The maximum atomic E-state index is 5.15. The Balaban J connectivity index is 1.57. The summed E-state index contributed by atoms with van der Waals surface area (Å²) in [6, 6.07) is 38.9. The van der Waals surface area contributed by atoms with E-state index in [9.17, 15) is 0 Å². The molecule has 184 valence electrons. The third-order valence-corrected chi connectivity index (χ3v) is 14.6. The topological polar surface area (TPSA) is 43.1 Å². The van der Waals surface area contributed by atoms with Crippen LogP contribution >= 0.6 is 5.51 Å². The first-order valence-electron chi connectivity index (χ1n) is 12.8. The number of para-hydroxylation sites is 3. The SMILES string of the molecule is [Se]=P(c1ccncc1)(c1ccc2cccnc2c1)c1cccc2c1c1ccccc1n1c3ccccc3nc21. The number of aromatic nitrogens is 4. The number of benzene rings is 4. The van der Waals surface area contributed by atoms with E-state index in [0.29, 0.717) is 0 Å². The molecule has 39 heavy (non-hydrogen) atoms. The predicted molar refractivity (Wildman–Crippen MR) is 165 cm³/mol. The minimum atomic E-state index is -2.24. The van der Waals surface area contributed by atoms with Crippen molar-refractivity contribution in [1.82, 2.24) is 19.4 Å². The zero-order valence-corrected chi connectivity index (χ0v) is 23.4. The molecule has 4 aromatic heterocycles. The van der Waals surface area contributed by atoms with E-state index < -0.39 is 5.51 Å². The van der Waals surface area contributed by atoms with Gasteiger partial charge >= 0.3 is 233 Å². The zero-order chi connectivity index (χ0) is 26.0. The number of hydrogen-bond acceptors (Lipinski definition) is 3. The summed E-state index contributed by atoms with van der Waals surface area (Å²) in [6.45, 7) is 0. The number of fused-ring (bicyclic) bond motifs is 9. The van der Waals surface area contributed by atoms with Crippen LogP contribution in [0.3, 0.4) is 0 Å². The van der Waals surface area contributed by atoms with Crippen molar-refractivity contribution < 1.29 is 0 Å². The Morgan fingerprint density at radius 1 is 0.615 bits per heavy atom. The van der Waals surface area contributed by atoms with E-state index in [1.807, 2.05) is 24.7 Å². The van der Waals surface area contributed by atoms with Gasteiger partial charge in [-0.1, -0.05) is 0 Å². The molecule has 0 spiro atoms. The van der Waals surface area contributed by atoms with Crippen LogP contribution < -0.4 is 15.9 Å². The third kappa shape index (κ3) is 3.31. The van der Waals surface area contributed by atoms with Crippen LogP contribution in [0, 0.1) is 0 Å². The summed E-state index contributed by atoms with van der Waals surface area (Å²) in [7, 11) is 0. The number of nitrogens with zero attached hydrogens (tertiary/aromatic N) is 4. The van der Waals surface area contributed by atoms with Gasteiger partial charge in [0.2, 0.25) is 0 Å². The van der Waals surface area contributed by atoms with Gasteiger partial charge in [-0.25, -0.2) is 0 Å². The van der Waals surface area contributed by atoms with Gasteiger partial charge in [0.05, 0.1) is 0 Å². The molecular weight excluding hydrogens is 562 g/mol. The van der Waals surface area contributed by atoms with Crippen molar-refractivity contribution in [1.29, 1.82) is 0 Å². The average Bonchev–Trinajstić information content (AvgIpc) is 3.41. The summed E-state index contributed by atoms with van der Waals surface area (Å²) >= 11 is 3.76. The first-order chi connectivity index (χ1) is 19.2. The van der Waals surface area contributed by atoms with E-state index in [4.69, 9.17) is 9.97 Å². The van der Waals surface area contributed by atoms with Crippen LogP contribution in [0.4, 0.5) is 0 Å². The van der Waals surface area contributed by atoms with E-state index in [1.165, 1.54) is 26.7 Å². The number of rotatable bonds is 3. The van der Waals surface area contributed by atoms with Crippen LogP contribution in [-0.4, -0.2) is 34.5 Å². The van der Waals surface area contributed by atoms with E-state index >= 15 is 0 Å². The molecule has 8 aromatic rings. The second kappa shape index (κ2) is 8.69. The van der Waals surface area contributed by atoms with Gasteiger partial charge in [0.15, 0.2) is 0 Å². The summed E-state index contributed by atoms with van der Waals surface area (Å²) in [5, 5.41) is 8.49. The van der Waals surface area contributed by atoms with Gasteiger partial charge in [-0.05, 0) is 0 Å². The molecule has 1 atom stereocenters. The molecule has 0 fully saturated rings. The van der Waals surface area contributed by atoms with Crippen LogP contribution in [0.1, 0.15) is 0 Å². The van der Waals surface area contributed by atoms with Gasteiger partial charge in [-0.2, -0.15) is 0 Å². The average molecular weight is 583 g/mol. The van der Waals surface area contributed by atoms with Crippen molar-refractivity contribution >= 4 is 85.8 Å². The molecule has 1 unspecified atom stereocenters. The summed E-state index contributed by atoms with van der Waals surface area (Å²) < 4.78 is 2.31. The van der Waals surface area contributed by atoms with Crippen LogP contribution in [0.25, 0.3) is 49.3 Å². The first kappa shape index (κ1) is 22.8. The molecular formula is C33H21N4PSe. The second-order valence-corrected chi connectivity index (χ2v) is 15.9. The van der Waals surface area contributed by atoms with Gasteiger partial charge < -0.3 is 0 Å². The van der Waals surface area contributed by atoms with E-state index in [2.05, 4.69) is 128 Å². The Hall–Kier alpha value is -4.14. The van der Waals surface area contributed by atoms with Crippen molar-refractivity contribution in [3.05, 3.63) is 128 Å². The molecule has 0 aliphatic heterocycles. The maximum absolute atomic E-state index is 5.15.